The van der Waals surface area contributed by atoms with Crippen LogP contribution >= 0.6 is 0 Å². The summed E-state index contributed by atoms with van der Waals surface area (Å²) in [4.78, 5) is 18.4. The van der Waals surface area contributed by atoms with Gasteiger partial charge >= 0.3 is 0 Å². The molecule has 7 nitrogen and oxygen atoms in total. The number of nitrogens with zero attached hydrogens (tertiary/aromatic N) is 5. The zero-order valence-corrected chi connectivity index (χ0v) is 17.7. The molecule has 162 valence electrons. The van der Waals surface area contributed by atoms with Crippen molar-refractivity contribution in [3.05, 3.63) is 54.5 Å². The number of fused-ring (bicyclic) bond motifs is 1. The fourth-order valence-electron chi connectivity index (χ4n) is 4.76. The van der Waals surface area contributed by atoms with E-state index in [1.165, 1.54) is 0 Å². The molecule has 2 atom stereocenters. The summed E-state index contributed by atoms with van der Waals surface area (Å²) in [7, 11) is 0. The lowest BCUT2D eigenvalue weighted by Crippen LogP contribution is -2.42. The van der Waals surface area contributed by atoms with E-state index in [0.29, 0.717) is 5.88 Å². The van der Waals surface area contributed by atoms with E-state index in [9.17, 15) is 5.11 Å². The molecule has 3 aromatic rings. The highest BCUT2D eigenvalue weighted by Crippen LogP contribution is 2.34. The number of ether oxygens (including phenoxy) is 1. The van der Waals surface area contributed by atoms with Crippen LogP contribution in [0.5, 0.6) is 5.88 Å². The lowest BCUT2D eigenvalue weighted by molar-refractivity contribution is 0.0391. The largest absolute Gasteiger partial charge is 0.471 e. The van der Waals surface area contributed by atoms with Gasteiger partial charge in [-0.05, 0) is 43.9 Å². The third-order valence-corrected chi connectivity index (χ3v) is 6.37. The van der Waals surface area contributed by atoms with Crippen LogP contribution in [-0.4, -0.2) is 57.4 Å². The number of hydrogen-bond acceptors (Lipinski definition) is 7. The number of anilines is 1. The first-order valence-corrected chi connectivity index (χ1v) is 11.2. The summed E-state index contributed by atoms with van der Waals surface area (Å²) in [5.41, 5.74) is 1.86. The molecule has 4 heterocycles. The molecule has 0 bridgehead atoms. The SMILES string of the molecule is OCN1CCCCC1c1nccnc1O[C@@H]1CCCN(c2ccc3ccccc3n2)C1. The number of rotatable bonds is 5. The minimum Gasteiger partial charge on any atom is -0.471 e. The summed E-state index contributed by atoms with van der Waals surface area (Å²) in [6.45, 7) is 2.66. The number of pyridine rings is 1. The fraction of sp³-hybridized carbons (Fsp3) is 0.458. The Morgan fingerprint density at radius 3 is 2.81 bits per heavy atom. The number of piperidine rings is 2. The smallest absolute Gasteiger partial charge is 0.237 e. The molecule has 1 N–H and O–H groups in total. The minimum atomic E-state index is 0.0311. The summed E-state index contributed by atoms with van der Waals surface area (Å²) in [5, 5.41) is 10.9. The maximum atomic E-state index is 9.79. The van der Waals surface area contributed by atoms with E-state index in [0.717, 1.165) is 74.2 Å². The molecule has 2 aliphatic heterocycles. The Morgan fingerprint density at radius 1 is 0.968 bits per heavy atom. The van der Waals surface area contributed by atoms with Crippen LogP contribution in [0, 0.1) is 0 Å². The molecule has 0 aliphatic carbocycles. The fourth-order valence-corrected chi connectivity index (χ4v) is 4.76. The van der Waals surface area contributed by atoms with Gasteiger partial charge in [-0.3, -0.25) is 9.88 Å². The first-order valence-electron chi connectivity index (χ1n) is 11.2. The number of aliphatic hydroxyl groups excluding tert-OH is 1. The highest BCUT2D eigenvalue weighted by molar-refractivity contribution is 5.80. The maximum absolute atomic E-state index is 9.79. The van der Waals surface area contributed by atoms with Gasteiger partial charge in [0.05, 0.1) is 24.8 Å². The molecule has 5 rings (SSSR count). The van der Waals surface area contributed by atoms with Crippen LogP contribution in [0.15, 0.2) is 48.8 Å². The normalized spacial score (nSPS) is 22.5. The highest BCUT2D eigenvalue weighted by Gasteiger charge is 2.30. The van der Waals surface area contributed by atoms with Gasteiger partial charge in [-0.15, -0.1) is 0 Å². The number of likely N-dealkylation sites (tertiary alicyclic amines) is 1. The van der Waals surface area contributed by atoms with E-state index in [4.69, 9.17) is 9.72 Å². The number of aliphatic hydroxyl groups is 1. The molecule has 0 radical (unpaired) electrons. The van der Waals surface area contributed by atoms with Gasteiger partial charge in [0.1, 0.15) is 17.6 Å². The predicted octanol–water partition coefficient (Wildman–Crippen LogP) is 3.55. The molecule has 0 amide bonds. The Balaban J connectivity index is 1.33. The predicted molar refractivity (Wildman–Crippen MR) is 120 cm³/mol. The molecule has 1 unspecified atom stereocenters. The molecule has 2 aliphatic rings. The van der Waals surface area contributed by atoms with Gasteiger partial charge in [0.2, 0.25) is 5.88 Å². The van der Waals surface area contributed by atoms with Crippen LogP contribution in [0.2, 0.25) is 0 Å². The molecule has 0 spiro atoms. The summed E-state index contributed by atoms with van der Waals surface area (Å²) < 4.78 is 6.42. The average Bonchev–Trinajstić information content (AvgIpc) is 2.84. The zero-order valence-electron chi connectivity index (χ0n) is 17.7. The molecule has 0 saturated carbocycles. The van der Waals surface area contributed by atoms with Crippen LogP contribution in [0.3, 0.4) is 0 Å². The third-order valence-electron chi connectivity index (χ3n) is 6.37. The number of para-hydroxylation sites is 1. The van der Waals surface area contributed by atoms with E-state index >= 15 is 0 Å². The zero-order chi connectivity index (χ0) is 21.0. The molecule has 7 heteroatoms. The first kappa shape index (κ1) is 20.2. The monoisotopic (exact) mass is 419 g/mol. The Bertz CT molecular complexity index is 1030. The van der Waals surface area contributed by atoms with Crippen molar-refractivity contribution in [2.75, 3.05) is 31.3 Å². The Kier molecular flexibility index (Phi) is 5.95. The van der Waals surface area contributed by atoms with Crippen molar-refractivity contribution in [3.8, 4) is 5.88 Å². The quantitative estimate of drug-likeness (QED) is 0.678. The van der Waals surface area contributed by atoms with Crippen LogP contribution < -0.4 is 9.64 Å². The van der Waals surface area contributed by atoms with E-state index in [-0.39, 0.29) is 18.9 Å². The molecule has 31 heavy (non-hydrogen) atoms. The standard InChI is InChI=1S/C24H29N5O2/c30-17-29-14-4-3-9-21(29)23-24(26-13-12-25-23)31-19-7-5-15-28(16-19)22-11-10-18-6-1-2-8-20(18)27-22/h1-2,6,8,10-13,19,21,30H,3-5,7,9,14-17H2/t19-,21?/m1/s1. The van der Waals surface area contributed by atoms with Gasteiger partial charge in [0.25, 0.3) is 0 Å². The molecule has 2 fully saturated rings. The van der Waals surface area contributed by atoms with Gasteiger partial charge in [-0.2, -0.15) is 0 Å². The second kappa shape index (κ2) is 9.16. The van der Waals surface area contributed by atoms with Crippen molar-refractivity contribution in [2.45, 2.75) is 44.2 Å². The Morgan fingerprint density at radius 2 is 1.87 bits per heavy atom. The molecule has 1 aromatic carbocycles. The van der Waals surface area contributed by atoms with Crippen molar-refractivity contribution in [1.82, 2.24) is 19.9 Å². The Labute approximate surface area is 182 Å². The van der Waals surface area contributed by atoms with Gasteiger partial charge in [-0.1, -0.05) is 24.6 Å². The van der Waals surface area contributed by atoms with Crippen molar-refractivity contribution >= 4 is 16.7 Å². The first-order chi connectivity index (χ1) is 15.3. The maximum Gasteiger partial charge on any atom is 0.237 e. The highest BCUT2D eigenvalue weighted by atomic mass is 16.5. The number of hydrogen-bond donors (Lipinski definition) is 1. The lowest BCUT2D eigenvalue weighted by Gasteiger charge is -2.36. The molecule has 2 aromatic heterocycles. The Hall–Kier alpha value is -2.77. The van der Waals surface area contributed by atoms with Crippen LogP contribution in [0.25, 0.3) is 10.9 Å². The molecular formula is C24H29N5O2. The minimum absolute atomic E-state index is 0.0311. The van der Waals surface area contributed by atoms with Crippen LogP contribution in [0.4, 0.5) is 5.82 Å². The van der Waals surface area contributed by atoms with Gasteiger partial charge < -0.3 is 14.7 Å². The average molecular weight is 420 g/mol. The van der Waals surface area contributed by atoms with Crippen LogP contribution in [0.1, 0.15) is 43.8 Å². The molecular weight excluding hydrogens is 390 g/mol. The second-order valence-corrected chi connectivity index (χ2v) is 8.40. The third kappa shape index (κ3) is 4.34. The summed E-state index contributed by atoms with van der Waals surface area (Å²) in [6, 6.07) is 12.5. The lowest BCUT2D eigenvalue weighted by atomic mass is 10.00. The summed E-state index contributed by atoms with van der Waals surface area (Å²) in [6.07, 6.45) is 8.66. The summed E-state index contributed by atoms with van der Waals surface area (Å²) >= 11 is 0. The van der Waals surface area contributed by atoms with Gasteiger partial charge in [0.15, 0.2) is 0 Å². The second-order valence-electron chi connectivity index (χ2n) is 8.40. The van der Waals surface area contributed by atoms with Crippen LogP contribution in [-0.2, 0) is 0 Å². The van der Waals surface area contributed by atoms with E-state index in [1.54, 1.807) is 12.4 Å². The van der Waals surface area contributed by atoms with E-state index in [2.05, 4.69) is 44.0 Å². The number of aromatic nitrogens is 3. The van der Waals surface area contributed by atoms with E-state index in [1.807, 2.05) is 12.1 Å². The topological polar surface area (TPSA) is 74.6 Å². The number of benzene rings is 1. The van der Waals surface area contributed by atoms with Crippen molar-refractivity contribution in [3.63, 3.8) is 0 Å². The summed E-state index contributed by atoms with van der Waals surface area (Å²) in [5.74, 6) is 1.59. The van der Waals surface area contributed by atoms with Crippen molar-refractivity contribution in [2.24, 2.45) is 0 Å². The van der Waals surface area contributed by atoms with Crippen molar-refractivity contribution < 1.29 is 9.84 Å². The van der Waals surface area contributed by atoms with Gasteiger partial charge in [0, 0.05) is 30.9 Å². The van der Waals surface area contributed by atoms with Gasteiger partial charge in [-0.25, -0.2) is 9.97 Å². The van der Waals surface area contributed by atoms with Crippen molar-refractivity contribution in [1.29, 1.82) is 0 Å². The molecule has 2 saturated heterocycles. The van der Waals surface area contributed by atoms with E-state index < -0.39 is 0 Å².